The summed E-state index contributed by atoms with van der Waals surface area (Å²) in [5, 5.41) is 0. The fourth-order valence-corrected chi connectivity index (χ4v) is 2.27. The van der Waals surface area contributed by atoms with E-state index in [2.05, 4.69) is 0 Å². The molecule has 112 valence electrons. The van der Waals surface area contributed by atoms with Gasteiger partial charge >= 0.3 is 6.18 Å². The molecule has 0 radical (unpaired) electrons. The maximum atomic E-state index is 12.6. The Kier molecular flexibility index (Phi) is 5.12. The molecule has 2 aromatic rings. The van der Waals surface area contributed by atoms with Crippen molar-refractivity contribution in [3.05, 3.63) is 65.7 Å². The number of hydrogen-bond donors (Lipinski definition) is 0. The van der Waals surface area contributed by atoms with E-state index in [9.17, 15) is 13.2 Å². The van der Waals surface area contributed by atoms with Crippen LogP contribution >= 0.6 is 11.6 Å². The second-order valence-corrected chi connectivity index (χ2v) is 5.02. The van der Waals surface area contributed by atoms with Crippen molar-refractivity contribution in [2.75, 3.05) is 17.3 Å². The molecule has 0 aliphatic carbocycles. The lowest BCUT2D eigenvalue weighted by Crippen LogP contribution is -2.24. The lowest BCUT2D eigenvalue weighted by molar-refractivity contribution is -0.137. The normalized spacial score (nSPS) is 11.4. The van der Waals surface area contributed by atoms with Crippen LogP contribution in [-0.2, 0) is 12.7 Å². The van der Waals surface area contributed by atoms with Gasteiger partial charge in [0.15, 0.2) is 0 Å². The molecular formula is C16H15ClF3N. The minimum atomic E-state index is -4.31. The summed E-state index contributed by atoms with van der Waals surface area (Å²) < 4.78 is 37.7. The average Bonchev–Trinajstić information content (AvgIpc) is 2.47. The second kappa shape index (κ2) is 6.85. The van der Waals surface area contributed by atoms with E-state index >= 15 is 0 Å². The second-order valence-electron chi connectivity index (χ2n) is 4.64. The SMILES string of the molecule is FC(F)(F)c1ccc(N(CCCl)Cc2ccccc2)cc1. The summed E-state index contributed by atoms with van der Waals surface area (Å²) in [6.45, 7) is 1.18. The van der Waals surface area contributed by atoms with E-state index in [0.717, 1.165) is 23.4 Å². The van der Waals surface area contributed by atoms with Gasteiger partial charge in [-0.15, -0.1) is 11.6 Å². The van der Waals surface area contributed by atoms with Gasteiger partial charge in [-0.25, -0.2) is 0 Å². The first-order valence-electron chi connectivity index (χ1n) is 6.53. The minimum Gasteiger partial charge on any atom is -0.366 e. The Bertz CT molecular complexity index is 552. The lowest BCUT2D eigenvalue weighted by atomic mass is 10.1. The highest BCUT2D eigenvalue weighted by Gasteiger charge is 2.30. The molecule has 2 rings (SSSR count). The van der Waals surface area contributed by atoms with Crippen molar-refractivity contribution in [1.29, 1.82) is 0 Å². The molecule has 0 bridgehead atoms. The van der Waals surface area contributed by atoms with Crippen LogP contribution in [0.15, 0.2) is 54.6 Å². The topological polar surface area (TPSA) is 3.24 Å². The smallest absolute Gasteiger partial charge is 0.366 e. The third-order valence-corrected chi connectivity index (χ3v) is 3.30. The molecule has 5 heteroatoms. The van der Waals surface area contributed by atoms with Crippen LogP contribution in [-0.4, -0.2) is 12.4 Å². The zero-order chi connectivity index (χ0) is 15.3. The molecular weight excluding hydrogens is 299 g/mol. The van der Waals surface area contributed by atoms with Crippen LogP contribution in [0.25, 0.3) is 0 Å². The van der Waals surface area contributed by atoms with Crippen molar-refractivity contribution in [3.63, 3.8) is 0 Å². The molecule has 0 aromatic heterocycles. The molecule has 0 aliphatic heterocycles. The molecule has 0 saturated carbocycles. The number of rotatable bonds is 5. The standard InChI is InChI=1S/C16H15ClF3N/c17-10-11-21(12-13-4-2-1-3-5-13)15-8-6-14(7-9-15)16(18,19)20/h1-9H,10-12H2. The molecule has 0 atom stereocenters. The highest BCUT2D eigenvalue weighted by molar-refractivity contribution is 6.18. The summed E-state index contributed by atoms with van der Waals surface area (Å²) in [5.41, 5.74) is 1.17. The van der Waals surface area contributed by atoms with Crippen molar-refractivity contribution in [2.24, 2.45) is 0 Å². The number of alkyl halides is 4. The monoisotopic (exact) mass is 313 g/mol. The first-order chi connectivity index (χ1) is 10.0. The Labute approximate surface area is 127 Å². The van der Waals surface area contributed by atoms with Gasteiger partial charge in [0.25, 0.3) is 0 Å². The van der Waals surface area contributed by atoms with Crippen LogP contribution in [0.3, 0.4) is 0 Å². The van der Waals surface area contributed by atoms with Gasteiger partial charge in [-0.2, -0.15) is 13.2 Å². The molecule has 0 aliphatic rings. The Hall–Kier alpha value is -1.68. The maximum absolute atomic E-state index is 12.6. The third kappa shape index (κ3) is 4.39. The molecule has 21 heavy (non-hydrogen) atoms. The number of nitrogens with zero attached hydrogens (tertiary/aromatic N) is 1. The molecule has 0 fully saturated rings. The van der Waals surface area contributed by atoms with Gasteiger partial charge in [0.1, 0.15) is 0 Å². The summed E-state index contributed by atoms with van der Waals surface area (Å²) in [6, 6.07) is 14.9. The van der Waals surface area contributed by atoms with Crippen molar-refractivity contribution < 1.29 is 13.2 Å². The summed E-state index contributed by atoms with van der Waals surface area (Å²) in [4.78, 5) is 1.96. The van der Waals surface area contributed by atoms with Gasteiger partial charge < -0.3 is 4.90 Å². The van der Waals surface area contributed by atoms with Crippen LogP contribution in [0.4, 0.5) is 18.9 Å². The van der Waals surface area contributed by atoms with Crippen LogP contribution in [0.1, 0.15) is 11.1 Å². The van der Waals surface area contributed by atoms with E-state index in [4.69, 9.17) is 11.6 Å². The van der Waals surface area contributed by atoms with E-state index in [-0.39, 0.29) is 0 Å². The van der Waals surface area contributed by atoms with Crippen LogP contribution in [0.2, 0.25) is 0 Å². The van der Waals surface area contributed by atoms with E-state index < -0.39 is 11.7 Å². The largest absolute Gasteiger partial charge is 0.416 e. The van der Waals surface area contributed by atoms with E-state index in [0.29, 0.717) is 19.0 Å². The molecule has 2 aromatic carbocycles. The van der Waals surface area contributed by atoms with Crippen molar-refractivity contribution >= 4 is 17.3 Å². The Morgan fingerprint density at radius 3 is 2.05 bits per heavy atom. The summed E-state index contributed by atoms with van der Waals surface area (Å²) in [5.74, 6) is 0.411. The molecule has 0 spiro atoms. The Morgan fingerprint density at radius 1 is 0.905 bits per heavy atom. The van der Waals surface area contributed by atoms with Crippen LogP contribution in [0.5, 0.6) is 0 Å². The predicted octanol–water partition coefficient (Wildman–Crippen LogP) is 4.95. The fourth-order valence-electron chi connectivity index (χ4n) is 2.07. The van der Waals surface area contributed by atoms with E-state index in [1.54, 1.807) is 0 Å². The first-order valence-corrected chi connectivity index (χ1v) is 7.06. The number of benzene rings is 2. The molecule has 0 unspecified atom stereocenters. The molecule has 0 heterocycles. The number of halogens is 4. The Balaban J connectivity index is 2.18. The van der Waals surface area contributed by atoms with Gasteiger partial charge in [-0.3, -0.25) is 0 Å². The van der Waals surface area contributed by atoms with Gasteiger partial charge in [0, 0.05) is 24.7 Å². The van der Waals surface area contributed by atoms with Gasteiger partial charge in [-0.1, -0.05) is 30.3 Å². The van der Waals surface area contributed by atoms with Gasteiger partial charge in [0.05, 0.1) is 5.56 Å². The summed E-state index contributed by atoms with van der Waals surface area (Å²) >= 11 is 5.79. The minimum absolute atomic E-state index is 0.411. The quantitative estimate of drug-likeness (QED) is 0.706. The summed E-state index contributed by atoms with van der Waals surface area (Å²) in [6.07, 6.45) is -4.31. The van der Waals surface area contributed by atoms with E-state index in [1.165, 1.54) is 12.1 Å². The molecule has 1 nitrogen and oxygen atoms in total. The zero-order valence-corrected chi connectivity index (χ0v) is 12.0. The van der Waals surface area contributed by atoms with Gasteiger partial charge in [0.2, 0.25) is 0 Å². The zero-order valence-electron chi connectivity index (χ0n) is 11.3. The molecule has 0 N–H and O–H groups in total. The Morgan fingerprint density at radius 2 is 1.52 bits per heavy atom. The van der Waals surface area contributed by atoms with Crippen LogP contribution in [0, 0.1) is 0 Å². The van der Waals surface area contributed by atoms with Gasteiger partial charge in [-0.05, 0) is 29.8 Å². The highest BCUT2D eigenvalue weighted by atomic mass is 35.5. The summed E-state index contributed by atoms with van der Waals surface area (Å²) in [7, 11) is 0. The maximum Gasteiger partial charge on any atom is 0.416 e. The highest BCUT2D eigenvalue weighted by Crippen LogP contribution is 2.30. The molecule has 0 saturated heterocycles. The first kappa shape index (κ1) is 15.7. The predicted molar refractivity (Wildman–Crippen MR) is 79.7 cm³/mol. The van der Waals surface area contributed by atoms with E-state index in [1.807, 2.05) is 35.2 Å². The van der Waals surface area contributed by atoms with Crippen molar-refractivity contribution in [3.8, 4) is 0 Å². The van der Waals surface area contributed by atoms with Crippen LogP contribution < -0.4 is 4.90 Å². The number of hydrogen-bond acceptors (Lipinski definition) is 1. The third-order valence-electron chi connectivity index (χ3n) is 3.13. The molecule has 0 amide bonds. The van der Waals surface area contributed by atoms with Crippen molar-refractivity contribution in [1.82, 2.24) is 0 Å². The number of anilines is 1. The lowest BCUT2D eigenvalue weighted by Gasteiger charge is -2.24. The fraction of sp³-hybridized carbons (Fsp3) is 0.250. The average molecular weight is 314 g/mol. The van der Waals surface area contributed by atoms with Crippen molar-refractivity contribution in [2.45, 2.75) is 12.7 Å².